The maximum absolute atomic E-state index is 3.76. The highest BCUT2D eigenvalue weighted by Gasteiger charge is 2.22. The number of aryl methyl sites for hydroxylation is 1. The Morgan fingerprint density at radius 2 is 1.81 bits per heavy atom. The molecule has 2 unspecified atom stereocenters. The van der Waals surface area contributed by atoms with Crippen molar-refractivity contribution in [1.29, 1.82) is 0 Å². The molecule has 0 radical (unpaired) electrons. The number of rotatable bonds is 10. The minimum absolute atomic E-state index is 0.606. The van der Waals surface area contributed by atoms with Gasteiger partial charge in [0, 0.05) is 18.6 Å². The van der Waals surface area contributed by atoms with Crippen molar-refractivity contribution >= 4 is 0 Å². The van der Waals surface area contributed by atoms with Crippen LogP contribution < -0.4 is 5.32 Å². The largest absolute Gasteiger partial charge is 0.312 e. The maximum atomic E-state index is 3.76. The van der Waals surface area contributed by atoms with E-state index in [9.17, 15) is 0 Å². The van der Waals surface area contributed by atoms with Gasteiger partial charge < -0.3 is 5.32 Å². The molecule has 0 amide bonds. The van der Waals surface area contributed by atoms with Gasteiger partial charge in [0.1, 0.15) is 0 Å². The smallest absolute Gasteiger partial charge is 0.0247 e. The standard InChI is InChI=1S/C19H34N2/c1-6-11-18(20-14-7-2)19(8-3)21(5)15-17-13-10-9-12-16(17)4/h9-10,12-13,18-20H,6-8,11,14-15H2,1-5H3. The fraction of sp³-hybridized carbons (Fsp3) is 0.684. The van der Waals surface area contributed by atoms with E-state index in [1.807, 2.05) is 0 Å². The molecule has 0 aliphatic carbocycles. The second-order valence-electron chi connectivity index (χ2n) is 6.17. The fourth-order valence-corrected chi connectivity index (χ4v) is 3.15. The number of hydrogen-bond donors (Lipinski definition) is 1. The summed E-state index contributed by atoms with van der Waals surface area (Å²) in [6.07, 6.45) is 4.91. The number of nitrogens with one attached hydrogen (secondary N) is 1. The Kier molecular flexibility index (Phi) is 8.63. The van der Waals surface area contributed by atoms with Crippen molar-refractivity contribution in [1.82, 2.24) is 10.2 Å². The molecule has 2 nitrogen and oxygen atoms in total. The van der Waals surface area contributed by atoms with Gasteiger partial charge in [0.2, 0.25) is 0 Å². The molecule has 0 aliphatic heterocycles. The van der Waals surface area contributed by atoms with Crippen LogP contribution in [0, 0.1) is 6.92 Å². The van der Waals surface area contributed by atoms with Gasteiger partial charge in [-0.15, -0.1) is 0 Å². The zero-order valence-electron chi connectivity index (χ0n) is 14.7. The molecule has 2 heteroatoms. The molecule has 0 bridgehead atoms. The lowest BCUT2D eigenvalue weighted by Crippen LogP contribution is -2.48. The molecule has 1 N–H and O–H groups in total. The van der Waals surface area contributed by atoms with Crippen molar-refractivity contribution in [2.24, 2.45) is 0 Å². The molecule has 0 aromatic heterocycles. The third kappa shape index (κ3) is 5.80. The first kappa shape index (κ1) is 18.2. The molecule has 2 atom stereocenters. The van der Waals surface area contributed by atoms with Crippen molar-refractivity contribution in [2.45, 2.75) is 72.0 Å². The number of likely N-dealkylation sites (N-methyl/N-ethyl adjacent to an activating group) is 1. The Labute approximate surface area is 131 Å². The summed E-state index contributed by atoms with van der Waals surface area (Å²) in [5.74, 6) is 0. The van der Waals surface area contributed by atoms with E-state index in [0.717, 1.165) is 13.1 Å². The van der Waals surface area contributed by atoms with Gasteiger partial charge in [0.25, 0.3) is 0 Å². The number of hydrogen-bond acceptors (Lipinski definition) is 2. The zero-order chi connectivity index (χ0) is 15.7. The van der Waals surface area contributed by atoms with Gasteiger partial charge in [-0.25, -0.2) is 0 Å². The number of nitrogens with zero attached hydrogens (tertiary/aromatic N) is 1. The highest BCUT2D eigenvalue weighted by atomic mass is 15.2. The van der Waals surface area contributed by atoms with Crippen molar-refractivity contribution in [3.8, 4) is 0 Å². The molecule has 120 valence electrons. The molecule has 1 aromatic carbocycles. The summed E-state index contributed by atoms with van der Waals surface area (Å²) < 4.78 is 0. The minimum atomic E-state index is 0.606. The van der Waals surface area contributed by atoms with Crippen LogP contribution in [0.3, 0.4) is 0 Å². The molecular formula is C19H34N2. The molecule has 0 saturated heterocycles. The molecule has 0 fully saturated rings. The second kappa shape index (κ2) is 9.97. The molecule has 21 heavy (non-hydrogen) atoms. The van der Waals surface area contributed by atoms with E-state index in [4.69, 9.17) is 0 Å². The van der Waals surface area contributed by atoms with E-state index >= 15 is 0 Å². The molecule has 1 rings (SSSR count). The van der Waals surface area contributed by atoms with Crippen molar-refractivity contribution < 1.29 is 0 Å². The molecule has 0 aliphatic rings. The molecule has 0 saturated carbocycles. The normalized spacial score (nSPS) is 14.4. The summed E-state index contributed by atoms with van der Waals surface area (Å²) in [7, 11) is 2.27. The Hall–Kier alpha value is -0.860. The van der Waals surface area contributed by atoms with Crippen molar-refractivity contribution in [3.05, 3.63) is 35.4 Å². The first-order valence-corrected chi connectivity index (χ1v) is 8.62. The van der Waals surface area contributed by atoms with E-state index < -0.39 is 0 Å². The summed E-state index contributed by atoms with van der Waals surface area (Å²) in [5.41, 5.74) is 2.84. The van der Waals surface area contributed by atoms with Crippen LogP contribution in [0.25, 0.3) is 0 Å². The predicted octanol–water partition coefficient (Wildman–Crippen LogP) is 4.37. The van der Waals surface area contributed by atoms with Crippen LogP contribution in [0.5, 0.6) is 0 Å². The first-order chi connectivity index (χ1) is 10.1. The lowest BCUT2D eigenvalue weighted by atomic mass is 9.98. The third-order valence-electron chi connectivity index (χ3n) is 4.39. The van der Waals surface area contributed by atoms with Gasteiger partial charge in [-0.05, 0) is 50.9 Å². The zero-order valence-corrected chi connectivity index (χ0v) is 14.7. The van der Waals surface area contributed by atoms with Crippen LogP contribution in [0.4, 0.5) is 0 Å². The first-order valence-electron chi connectivity index (χ1n) is 8.62. The van der Waals surface area contributed by atoms with Gasteiger partial charge in [0.05, 0.1) is 0 Å². The molecule has 0 heterocycles. The van der Waals surface area contributed by atoms with Crippen LogP contribution in [-0.4, -0.2) is 30.6 Å². The summed E-state index contributed by atoms with van der Waals surface area (Å²) >= 11 is 0. The van der Waals surface area contributed by atoms with Gasteiger partial charge in [0.15, 0.2) is 0 Å². The Balaban J connectivity index is 2.73. The fourth-order valence-electron chi connectivity index (χ4n) is 3.15. The summed E-state index contributed by atoms with van der Waals surface area (Å²) in [4.78, 5) is 2.53. The Morgan fingerprint density at radius 1 is 1.10 bits per heavy atom. The summed E-state index contributed by atoms with van der Waals surface area (Å²) in [6.45, 7) is 11.2. The predicted molar refractivity (Wildman–Crippen MR) is 93.7 cm³/mol. The van der Waals surface area contributed by atoms with Crippen molar-refractivity contribution in [3.63, 3.8) is 0 Å². The topological polar surface area (TPSA) is 15.3 Å². The second-order valence-corrected chi connectivity index (χ2v) is 6.17. The maximum Gasteiger partial charge on any atom is 0.0247 e. The molecular weight excluding hydrogens is 256 g/mol. The Bertz CT molecular complexity index is 389. The average molecular weight is 290 g/mol. The lowest BCUT2D eigenvalue weighted by Gasteiger charge is -2.35. The summed E-state index contributed by atoms with van der Waals surface area (Å²) in [5, 5.41) is 3.76. The van der Waals surface area contributed by atoms with Gasteiger partial charge >= 0.3 is 0 Å². The minimum Gasteiger partial charge on any atom is -0.312 e. The molecule has 1 aromatic rings. The van der Waals surface area contributed by atoms with Gasteiger partial charge in [-0.3, -0.25) is 4.90 Å². The average Bonchev–Trinajstić information content (AvgIpc) is 2.48. The lowest BCUT2D eigenvalue weighted by molar-refractivity contribution is 0.172. The quantitative estimate of drug-likeness (QED) is 0.688. The third-order valence-corrected chi connectivity index (χ3v) is 4.39. The van der Waals surface area contributed by atoms with Crippen LogP contribution >= 0.6 is 0 Å². The summed E-state index contributed by atoms with van der Waals surface area (Å²) in [6, 6.07) is 9.95. The SMILES string of the molecule is CCCNC(CCC)C(CC)N(C)Cc1ccccc1C. The molecule has 0 spiro atoms. The van der Waals surface area contributed by atoms with Crippen LogP contribution in [-0.2, 0) is 6.54 Å². The van der Waals surface area contributed by atoms with Crippen molar-refractivity contribution in [2.75, 3.05) is 13.6 Å². The van der Waals surface area contributed by atoms with Crippen LogP contribution in [0.15, 0.2) is 24.3 Å². The van der Waals surface area contributed by atoms with E-state index in [1.165, 1.54) is 36.8 Å². The highest BCUT2D eigenvalue weighted by molar-refractivity contribution is 5.25. The van der Waals surface area contributed by atoms with E-state index in [2.05, 4.69) is 69.2 Å². The van der Waals surface area contributed by atoms with Gasteiger partial charge in [-0.1, -0.05) is 51.5 Å². The van der Waals surface area contributed by atoms with E-state index in [-0.39, 0.29) is 0 Å². The van der Waals surface area contributed by atoms with E-state index in [1.54, 1.807) is 0 Å². The van der Waals surface area contributed by atoms with Crippen LogP contribution in [0.2, 0.25) is 0 Å². The van der Waals surface area contributed by atoms with Crippen LogP contribution in [0.1, 0.15) is 57.6 Å². The monoisotopic (exact) mass is 290 g/mol. The number of benzene rings is 1. The highest BCUT2D eigenvalue weighted by Crippen LogP contribution is 2.17. The van der Waals surface area contributed by atoms with E-state index in [0.29, 0.717) is 12.1 Å². The van der Waals surface area contributed by atoms with Gasteiger partial charge in [-0.2, -0.15) is 0 Å². The Morgan fingerprint density at radius 3 is 2.38 bits per heavy atom.